The lowest BCUT2D eigenvalue weighted by atomic mass is 9.85. The fourth-order valence-electron chi connectivity index (χ4n) is 3.06. The van der Waals surface area contributed by atoms with Crippen LogP contribution in [0.25, 0.3) is 0 Å². The van der Waals surface area contributed by atoms with Crippen molar-refractivity contribution >= 4 is 0 Å². The van der Waals surface area contributed by atoms with E-state index in [4.69, 9.17) is 15.2 Å². The summed E-state index contributed by atoms with van der Waals surface area (Å²) >= 11 is 0. The molecular formula is C14H19NO2. The first-order chi connectivity index (χ1) is 8.17. The van der Waals surface area contributed by atoms with Crippen molar-refractivity contribution in [1.29, 1.82) is 0 Å². The Morgan fingerprint density at radius 3 is 1.88 bits per heavy atom. The first-order valence-corrected chi connectivity index (χ1v) is 6.17. The van der Waals surface area contributed by atoms with Gasteiger partial charge in [0, 0.05) is 16.5 Å². The summed E-state index contributed by atoms with van der Waals surface area (Å²) in [5.74, 6) is 1.83. The predicted molar refractivity (Wildman–Crippen MR) is 66.6 cm³/mol. The molecule has 0 spiro atoms. The first kappa shape index (κ1) is 10.9. The number of ether oxygens (including phenoxy) is 2. The van der Waals surface area contributed by atoms with Crippen LogP contribution in [0.5, 0.6) is 11.5 Å². The average Bonchev–Trinajstić information content (AvgIpc) is 3.24. The van der Waals surface area contributed by atoms with Gasteiger partial charge in [-0.05, 0) is 37.8 Å². The maximum absolute atomic E-state index is 6.45. The van der Waals surface area contributed by atoms with E-state index >= 15 is 0 Å². The van der Waals surface area contributed by atoms with E-state index in [1.165, 1.54) is 5.56 Å². The molecule has 2 aliphatic rings. The number of methoxy groups -OCH3 is 2. The van der Waals surface area contributed by atoms with Gasteiger partial charge in [-0.2, -0.15) is 0 Å². The van der Waals surface area contributed by atoms with Gasteiger partial charge in [0.25, 0.3) is 0 Å². The molecule has 2 fully saturated rings. The Balaban J connectivity index is 2.13. The van der Waals surface area contributed by atoms with Crippen molar-refractivity contribution in [2.24, 2.45) is 5.73 Å². The molecule has 0 amide bonds. The van der Waals surface area contributed by atoms with Gasteiger partial charge in [-0.15, -0.1) is 0 Å². The molecule has 0 bridgehead atoms. The van der Waals surface area contributed by atoms with Gasteiger partial charge in [0.15, 0.2) is 0 Å². The quantitative estimate of drug-likeness (QED) is 0.867. The van der Waals surface area contributed by atoms with E-state index in [9.17, 15) is 0 Å². The zero-order valence-electron chi connectivity index (χ0n) is 10.5. The van der Waals surface area contributed by atoms with Gasteiger partial charge in [-0.25, -0.2) is 0 Å². The third-order valence-corrected chi connectivity index (χ3v) is 4.40. The largest absolute Gasteiger partial charge is 0.496 e. The Bertz CT molecular complexity index is 425. The minimum absolute atomic E-state index is 0.0189. The second-order valence-corrected chi connectivity index (χ2v) is 5.28. The molecule has 3 heteroatoms. The molecule has 3 rings (SSSR count). The molecule has 2 aliphatic carbocycles. The Morgan fingerprint density at radius 2 is 1.53 bits per heavy atom. The molecular weight excluding hydrogens is 214 g/mol. The number of rotatable bonds is 4. The average molecular weight is 233 g/mol. The van der Waals surface area contributed by atoms with Gasteiger partial charge in [0.1, 0.15) is 11.5 Å². The monoisotopic (exact) mass is 233 g/mol. The topological polar surface area (TPSA) is 44.5 Å². The lowest BCUT2D eigenvalue weighted by molar-refractivity contribution is 0.363. The fourth-order valence-corrected chi connectivity index (χ4v) is 3.06. The molecule has 2 N–H and O–H groups in total. The van der Waals surface area contributed by atoms with Crippen molar-refractivity contribution in [3.05, 3.63) is 23.8 Å². The van der Waals surface area contributed by atoms with Gasteiger partial charge in [0.05, 0.1) is 14.2 Å². The number of benzene rings is 1. The fraction of sp³-hybridized carbons (Fsp3) is 0.571. The zero-order valence-corrected chi connectivity index (χ0v) is 10.5. The van der Waals surface area contributed by atoms with Crippen LogP contribution in [0.2, 0.25) is 0 Å². The molecule has 0 atom stereocenters. The Hall–Kier alpha value is -1.22. The lowest BCUT2D eigenvalue weighted by Gasteiger charge is -2.27. The van der Waals surface area contributed by atoms with Crippen LogP contribution >= 0.6 is 0 Å². The highest BCUT2D eigenvalue weighted by Crippen LogP contribution is 2.66. The minimum Gasteiger partial charge on any atom is -0.496 e. The smallest absolute Gasteiger partial charge is 0.126 e. The molecule has 2 saturated carbocycles. The normalized spacial score (nSPS) is 23.0. The summed E-state index contributed by atoms with van der Waals surface area (Å²) in [6, 6.07) is 5.97. The maximum atomic E-state index is 6.45. The number of hydrogen-bond acceptors (Lipinski definition) is 3. The van der Waals surface area contributed by atoms with Gasteiger partial charge in [0.2, 0.25) is 0 Å². The van der Waals surface area contributed by atoms with Crippen LogP contribution in [0.3, 0.4) is 0 Å². The molecule has 0 aliphatic heterocycles. The van der Waals surface area contributed by atoms with E-state index in [0.717, 1.165) is 37.2 Å². The van der Waals surface area contributed by atoms with E-state index in [1.54, 1.807) is 14.2 Å². The molecule has 92 valence electrons. The molecule has 0 saturated heterocycles. The molecule has 1 aromatic rings. The maximum Gasteiger partial charge on any atom is 0.126 e. The predicted octanol–water partition coefficient (Wildman–Crippen LogP) is 2.23. The molecule has 1 aromatic carbocycles. The van der Waals surface area contributed by atoms with Crippen LogP contribution in [-0.4, -0.2) is 19.8 Å². The van der Waals surface area contributed by atoms with Crippen LogP contribution in [-0.2, 0) is 5.41 Å². The van der Waals surface area contributed by atoms with E-state index in [0.29, 0.717) is 0 Å². The third-order valence-electron chi connectivity index (χ3n) is 4.40. The second-order valence-electron chi connectivity index (χ2n) is 5.28. The Morgan fingerprint density at radius 1 is 1.00 bits per heavy atom. The van der Waals surface area contributed by atoms with Crippen molar-refractivity contribution in [2.75, 3.05) is 14.2 Å². The lowest BCUT2D eigenvalue weighted by Crippen LogP contribution is -2.37. The van der Waals surface area contributed by atoms with E-state index in [1.807, 2.05) is 18.2 Å². The van der Waals surface area contributed by atoms with Gasteiger partial charge in [-0.1, -0.05) is 6.07 Å². The third kappa shape index (κ3) is 1.38. The number of hydrogen-bond donors (Lipinski definition) is 1. The van der Waals surface area contributed by atoms with Gasteiger partial charge in [-0.3, -0.25) is 0 Å². The second kappa shape index (κ2) is 3.39. The van der Waals surface area contributed by atoms with Gasteiger partial charge >= 0.3 is 0 Å². The standard InChI is InChI=1S/C14H19NO2/c1-16-10-4-3-5-11(17-2)12(10)13(6-7-13)14(15)8-9-14/h3-5H,6-9,15H2,1-2H3. The van der Waals surface area contributed by atoms with Gasteiger partial charge < -0.3 is 15.2 Å². The summed E-state index contributed by atoms with van der Waals surface area (Å²) < 4.78 is 11.0. The van der Waals surface area contributed by atoms with Crippen molar-refractivity contribution in [2.45, 2.75) is 36.6 Å². The summed E-state index contributed by atoms with van der Waals surface area (Å²) in [6.07, 6.45) is 4.54. The van der Waals surface area contributed by atoms with Crippen LogP contribution in [0.15, 0.2) is 18.2 Å². The molecule has 0 heterocycles. The first-order valence-electron chi connectivity index (χ1n) is 6.17. The summed E-state index contributed by atoms with van der Waals surface area (Å²) in [6.45, 7) is 0. The van der Waals surface area contributed by atoms with E-state index < -0.39 is 0 Å². The summed E-state index contributed by atoms with van der Waals surface area (Å²) in [4.78, 5) is 0. The molecule has 17 heavy (non-hydrogen) atoms. The van der Waals surface area contributed by atoms with Crippen molar-refractivity contribution < 1.29 is 9.47 Å². The van der Waals surface area contributed by atoms with Crippen molar-refractivity contribution in [1.82, 2.24) is 0 Å². The van der Waals surface area contributed by atoms with Crippen LogP contribution < -0.4 is 15.2 Å². The highest BCUT2D eigenvalue weighted by atomic mass is 16.5. The van der Waals surface area contributed by atoms with Crippen LogP contribution in [0.1, 0.15) is 31.2 Å². The molecule has 0 aromatic heterocycles. The van der Waals surface area contributed by atoms with E-state index in [2.05, 4.69) is 0 Å². The summed E-state index contributed by atoms with van der Waals surface area (Å²) in [7, 11) is 3.43. The van der Waals surface area contributed by atoms with Crippen molar-refractivity contribution in [3.8, 4) is 11.5 Å². The molecule has 3 nitrogen and oxygen atoms in total. The summed E-state index contributed by atoms with van der Waals surface area (Å²) in [5.41, 5.74) is 7.72. The minimum atomic E-state index is -0.0189. The SMILES string of the molecule is COc1cccc(OC)c1C1(C2(N)CC2)CC1. The zero-order chi connectivity index (χ0) is 12.1. The highest BCUT2D eigenvalue weighted by Gasteiger charge is 2.65. The Labute approximate surface area is 102 Å². The van der Waals surface area contributed by atoms with Crippen LogP contribution in [0.4, 0.5) is 0 Å². The van der Waals surface area contributed by atoms with Crippen molar-refractivity contribution in [3.63, 3.8) is 0 Å². The summed E-state index contributed by atoms with van der Waals surface area (Å²) in [5, 5.41) is 0. The Kier molecular flexibility index (Phi) is 2.17. The molecule has 0 unspecified atom stereocenters. The van der Waals surface area contributed by atoms with Crippen LogP contribution in [0, 0.1) is 0 Å². The highest BCUT2D eigenvalue weighted by molar-refractivity contribution is 5.56. The van der Waals surface area contributed by atoms with E-state index in [-0.39, 0.29) is 11.0 Å². The molecule has 0 radical (unpaired) electrons. The number of nitrogens with two attached hydrogens (primary N) is 1.